The zero-order valence-corrected chi connectivity index (χ0v) is 14.4. The second kappa shape index (κ2) is 7.61. The van der Waals surface area contributed by atoms with Crippen LogP contribution in [0, 0.1) is 22.9 Å². The van der Waals surface area contributed by atoms with Crippen LogP contribution >= 0.6 is 0 Å². The summed E-state index contributed by atoms with van der Waals surface area (Å²) in [4.78, 5) is 34.5. The fourth-order valence-corrected chi connectivity index (χ4v) is 2.37. The van der Waals surface area contributed by atoms with E-state index in [1.165, 1.54) is 47.1 Å². The molecule has 0 bridgehead atoms. The Morgan fingerprint density at radius 2 is 1.79 bits per heavy atom. The van der Waals surface area contributed by atoms with Gasteiger partial charge in [-0.1, -0.05) is 11.3 Å². The number of hydrogen-bond acceptors (Lipinski definition) is 6. The Morgan fingerprint density at radius 1 is 1.11 bits per heavy atom. The molecule has 3 rings (SSSR count). The Kier molecular flexibility index (Phi) is 5.07. The lowest BCUT2D eigenvalue weighted by Crippen LogP contribution is -2.42. The van der Waals surface area contributed by atoms with Gasteiger partial charge in [0.1, 0.15) is 5.82 Å². The number of rotatable bonds is 4. The number of carbonyl (C=O) groups excluding carboxylic acids is 2. The smallest absolute Gasteiger partial charge is 0.267 e. The van der Waals surface area contributed by atoms with E-state index in [9.17, 15) is 24.1 Å². The van der Waals surface area contributed by atoms with Crippen LogP contribution < -0.4 is 10.9 Å². The van der Waals surface area contributed by atoms with Gasteiger partial charge in [0.25, 0.3) is 17.5 Å². The van der Waals surface area contributed by atoms with Crippen molar-refractivity contribution >= 4 is 17.5 Å². The second-order valence-electron chi connectivity index (χ2n) is 5.63. The van der Waals surface area contributed by atoms with Crippen molar-refractivity contribution in [2.24, 2.45) is 0 Å². The van der Waals surface area contributed by atoms with Crippen molar-refractivity contribution in [2.45, 2.75) is 6.92 Å². The molecule has 0 saturated carbocycles. The minimum Gasteiger partial charge on any atom is -0.267 e. The first-order chi connectivity index (χ1) is 13.4. The molecule has 0 unspecified atom stereocenters. The van der Waals surface area contributed by atoms with Gasteiger partial charge in [-0.3, -0.25) is 30.6 Å². The zero-order chi connectivity index (χ0) is 20.3. The topological polar surface area (TPSA) is 132 Å². The van der Waals surface area contributed by atoms with Crippen molar-refractivity contribution in [3.63, 3.8) is 0 Å². The molecule has 2 aromatic carbocycles. The largest absolute Gasteiger partial charge is 0.292 e. The van der Waals surface area contributed by atoms with Gasteiger partial charge in [-0.2, -0.15) is 0 Å². The molecule has 0 saturated heterocycles. The number of hydrazine groups is 1. The Labute approximate surface area is 157 Å². The predicted molar refractivity (Wildman–Crippen MR) is 94.1 cm³/mol. The average Bonchev–Trinajstić information content (AvgIpc) is 3.08. The minimum atomic E-state index is -0.736. The number of benzene rings is 2. The van der Waals surface area contributed by atoms with Crippen LogP contribution in [0.5, 0.6) is 0 Å². The summed E-state index contributed by atoms with van der Waals surface area (Å²) >= 11 is 0. The summed E-state index contributed by atoms with van der Waals surface area (Å²) in [6.45, 7) is 1.58. The standard InChI is InChI=1S/C17H13FN6O4/c1-10-15(19-22-23(10)13-7-5-12(18)6-8-13)17(26)21-20-16(25)11-3-2-4-14(9-11)24(27)28/h2-9H,1H3,(H,20,25)(H,21,26). The van der Waals surface area contributed by atoms with Crippen LogP contribution in [0.4, 0.5) is 10.1 Å². The maximum atomic E-state index is 13.0. The van der Waals surface area contributed by atoms with E-state index in [2.05, 4.69) is 21.2 Å². The molecule has 11 heteroatoms. The first-order valence-electron chi connectivity index (χ1n) is 7.90. The Bertz CT molecular complexity index is 1060. The molecule has 1 heterocycles. The molecule has 142 valence electrons. The predicted octanol–water partition coefficient (Wildman–Crippen LogP) is 1.70. The summed E-state index contributed by atoms with van der Waals surface area (Å²) in [5.41, 5.74) is 4.91. The molecule has 0 fully saturated rings. The molecule has 0 aliphatic heterocycles. The summed E-state index contributed by atoms with van der Waals surface area (Å²) in [7, 11) is 0. The van der Waals surface area contributed by atoms with Gasteiger partial charge in [0.2, 0.25) is 0 Å². The number of nitro groups is 1. The molecule has 10 nitrogen and oxygen atoms in total. The number of nitrogens with zero attached hydrogens (tertiary/aromatic N) is 4. The molecule has 2 amide bonds. The highest BCUT2D eigenvalue weighted by molar-refractivity contribution is 5.98. The fourth-order valence-electron chi connectivity index (χ4n) is 2.37. The van der Waals surface area contributed by atoms with Gasteiger partial charge in [-0.05, 0) is 37.3 Å². The average molecular weight is 384 g/mol. The van der Waals surface area contributed by atoms with Crippen LogP contribution in [0.2, 0.25) is 0 Å². The van der Waals surface area contributed by atoms with E-state index in [4.69, 9.17) is 0 Å². The quantitative estimate of drug-likeness (QED) is 0.520. The molecule has 0 aliphatic rings. The number of non-ortho nitro benzene ring substituents is 1. The Morgan fingerprint density at radius 3 is 2.46 bits per heavy atom. The van der Waals surface area contributed by atoms with Crippen LogP contribution in [0.1, 0.15) is 26.5 Å². The molecule has 0 atom stereocenters. The molecule has 2 N–H and O–H groups in total. The van der Waals surface area contributed by atoms with Crippen molar-refractivity contribution in [1.82, 2.24) is 25.8 Å². The van der Waals surface area contributed by atoms with E-state index in [0.717, 1.165) is 6.07 Å². The Hall–Kier alpha value is -4.15. The van der Waals surface area contributed by atoms with Crippen molar-refractivity contribution < 1.29 is 18.9 Å². The maximum absolute atomic E-state index is 13.0. The summed E-state index contributed by atoms with van der Waals surface area (Å²) in [5, 5.41) is 18.4. The van der Waals surface area contributed by atoms with Gasteiger partial charge < -0.3 is 0 Å². The van der Waals surface area contributed by atoms with Crippen LogP contribution in [0.3, 0.4) is 0 Å². The van der Waals surface area contributed by atoms with Gasteiger partial charge >= 0.3 is 0 Å². The van der Waals surface area contributed by atoms with Gasteiger partial charge in [0.05, 0.1) is 16.3 Å². The van der Waals surface area contributed by atoms with Crippen molar-refractivity contribution in [3.05, 3.63) is 81.4 Å². The first-order valence-corrected chi connectivity index (χ1v) is 7.90. The number of nitro benzene ring substituents is 1. The summed E-state index contributed by atoms with van der Waals surface area (Å²) in [6, 6.07) is 10.5. The lowest BCUT2D eigenvalue weighted by Gasteiger charge is -2.07. The van der Waals surface area contributed by atoms with Crippen LogP contribution in [-0.2, 0) is 0 Å². The number of amides is 2. The zero-order valence-electron chi connectivity index (χ0n) is 14.4. The maximum Gasteiger partial charge on any atom is 0.292 e. The van der Waals surface area contributed by atoms with E-state index in [0.29, 0.717) is 11.4 Å². The van der Waals surface area contributed by atoms with Crippen molar-refractivity contribution in [1.29, 1.82) is 0 Å². The van der Waals surface area contributed by atoms with E-state index < -0.39 is 22.6 Å². The highest BCUT2D eigenvalue weighted by Crippen LogP contribution is 2.14. The normalized spacial score (nSPS) is 10.4. The van der Waals surface area contributed by atoms with Gasteiger partial charge in [0, 0.05) is 17.7 Å². The molecule has 28 heavy (non-hydrogen) atoms. The molecule has 0 radical (unpaired) electrons. The number of aromatic nitrogens is 3. The van der Waals surface area contributed by atoms with Gasteiger partial charge in [-0.15, -0.1) is 5.10 Å². The van der Waals surface area contributed by atoms with Crippen LogP contribution in [0.15, 0.2) is 48.5 Å². The SMILES string of the molecule is Cc1c(C(=O)NNC(=O)c2cccc([N+](=O)[O-])c2)nnn1-c1ccc(F)cc1. The molecule has 0 aliphatic carbocycles. The van der Waals surface area contributed by atoms with Gasteiger partial charge in [-0.25, -0.2) is 9.07 Å². The number of carbonyl (C=O) groups is 2. The number of nitrogens with one attached hydrogen (secondary N) is 2. The monoisotopic (exact) mass is 384 g/mol. The highest BCUT2D eigenvalue weighted by atomic mass is 19.1. The second-order valence-corrected chi connectivity index (χ2v) is 5.63. The molecule has 1 aromatic heterocycles. The van der Waals surface area contributed by atoms with E-state index in [1.807, 2.05) is 0 Å². The molecular formula is C17H13FN6O4. The summed E-state index contributed by atoms with van der Waals surface area (Å²) < 4.78 is 14.4. The van der Waals surface area contributed by atoms with E-state index in [-0.39, 0.29) is 16.9 Å². The van der Waals surface area contributed by atoms with Crippen LogP contribution in [0.25, 0.3) is 5.69 Å². The van der Waals surface area contributed by atoms with E-state index in [1.54, 1.807) is 6.92 Å². The fraction of sp³-hybridized carbons (Fsp3) is 0.0588. The van der Waals surface area contributed by atoms with Gasteiger partial charge in [0.15, 0.2) is 5.69 Å². The van der Waals surface area contributed by atoms with Crippen molar-refractivity contribution in [3.8, 4) is 5.69 Å². The number of hydrogen-bond donors (Lipinski definition) is 2. The summed E-state index contributed by atoms with van der Waals surface area (Å²) in [6.07, 6.45) is 0. The third-order valence-corrected chi connectivity index (χ3v) is 3.79. The first kappa shape index (κ1) is 18.6. The third-order valence-electron chi connectivity index (χ3n) is 3.79. The lowest BCUT2D eigenvalue weighted by atomic mass is 10.2. The number of halogens is 1. The lowest BCUT2D eigenvalue weighted by molar-refractivity contribution is -0.384. The minimum absolute atomic E-state index is 0.00110. The molecule has 0 spiro atoms. The van der Waals surface area contributed by atoms with Crippen molar-refractivity contribution in [2.75, 3.05) is 0 Å². The third kappa shape index (κ3) is 3.82. The summed E-state index contributed by atoms with van der Waals surface area (Å²) in [5.74, 6) is -1.88. The highest BCUT2D eigenvalue weighted by Gasteiger charge is 2.19. The molecular weight excluding hydrogens is 371 g/mol. The van der Waals surface area contributed by atoms with E-state index >= 15 is 0 Å². The molecule has 3 aromatic rings. The Balaban J connectivity index is 1.70. The van der Waals surface area contributed by atoms with Crippen LogP contribution in [-0.4, -0.2) is 31.7 Å².